The summed E-state index contributed by atoms with van der Waals surface area (Å²) in [5.41, 5.74) is 0.726. The fourth-order valence-corrected chi connectivity index (χ4v) is 4.07. The number of methoxy groups -OCH3 is 1. The zero-order valence-electron chi connectivity index (χ0n) is 15.7. The van der Waals surface area contributed by atoms with E-state index in [0.29, 0.717) is 33.8 Å². The van der Waals surface area contributed by atoms with Gasteiger partial charge in [0.25, 0.3) is 11.5 Å². The number of amides is 1. The van der Waals surface area contributed by atoms with Gasteiger partial charge in [0.05, 0.1) is 7.11 Å². The summed E-state index contributed by atoms with van der Waals surface area (Å²) in [6.45, 7) is 2.02. The SMILES string of the molecule is COc1cccc2cc(C(=O)NCCc3csc4nc(C)cc(=O)n34)c(=O)oc12. The Morgan fingerprint density at radius 1 is 1.31 bits per heavy atom. The van der Waals surface area contributed by atoms with Crippen LogP contribution >= 0.6 is 11.3 Å². The van der Waals surface area contributed by atoms with Gasteiger partial charge in [0.15, 0.2) is 16.3 Å². The quantitative estimate of drug-likeness (QED) is 0.505. The Morgan fingerprint density at radius 2 is 2.14 bits per heavy atom. The molecule has 0 bridgehead atoms. The van der Waals surface area contributed by atoms with Gasteiger partial charge in [-0.05, 0) is 19.1 Å². The molecule has 3 aromatic heterocycles. The predicted molar refractivity (Wildman–Crippen MR) is 109 cm³/mol. The molecule has 0 atom stereocenters. The van der Waals surface area contributed by atoms with E-state index in [1.807, 2.05) is 5.38 Å². The number of aromatic nitrogens is 2. The number of hydrogen-bond acceptors (Lipinski definition) is 7. The van der Waals surface area contributed by atoms with Gasteiger partial charge in [-0.3, -0.25) is 14.0 Å². The van der Waals surface area contributed by atoms with Crippen molar-refractivity contribution >= 4 is 33.2 Å². The Hall–Kier alpha value is -3.46. The zero-order valence-corrected chi connectivity index (χ0v) is 16.5. The lowest BCUT2D eigenvalue weighted by molar-refractivity contribution is 0.0950. The van der Waals surface area contributed by atoms with E-state index in [-0.39, 0.29) is 17.7 Å². The summed E-state index contributed by atoms with van der Waals surface area (Å²) in [5.74, 6) is -0.116. The van der Waals surface area contributed by atoms with E-state index in [2.05, 4.69) is 10.3 Å². The molecule has 0 saturated heterocycles. The fraction of sp³-hybridized carbons (Fsp3) is 0.200. The first-order valence-corrected chi connectivity index (χ1v) is 9.72. The highest BCUT2D eigenvalue weighted by Gasteiger charge is 2.16. The highest BCUT2D eigenvalue weighted by atomic mass is 32.1. The lowest BCUT2D eigenvalue weighted by Gasteiger charge is -2.07. The Bertz CT molecular complexity index is 1350. The van der Waals surface area contributed by atoms with Crippen molar-refractivity contribution in [3.63, 3.8) is 0 Å². The minimum absolute atomic E-state index is 0.0876. The first-order valence-electron chi connectivity index (χ1n) is 8.84. The summed E-state index contributed by atoms with van der Waals surface area (Å²) in [6.07, 6.45) is 0.420. The maximum Gasteiger partial charge on any atom is 0.349 e. The number of ether oxygens (including phenoxy) is 1. The normalized spacial score (nSPS) is 11.1. The van der Waals surface area contributed by atoms with Crippen LogP contribution in [0.25, 0.3) is 15.9 Å². The van der Waals surface area contributed by atoms with E-state index >= 15 is 0 Å². The Kier molecular flexibility index (Phi) is 4.89. The summed E-state index contributed by atoms with van der Waals surface area (Å²) in [7, 11) is 1.48. The lowest BCUT2D eigenvalue weighted by Crippen LogP contribution is -2.30. The molecule has 1 N–H and O–H groups in total. The Labute approximate surface area is 168 Å². The van der Waals surface area contributed by atoms with E-state index < -0.39 is 11.5 Å². The molecule has 1 amide bonds. The van der Waals surface area contributed by atoms with Gasteiger partial charge in [-0.25, -0.2) is 9.78 Å². The number of carbonyl (C=O) groups excluding carboxylic acids is 1. The second kappa shape index (κ2) is 7.51. The van der Waals surface area contributed by atoms with Crippen LogP contribution in [0.2, 0.25) is 0 Å². The largest absolute Gasteiger partial charge is 0.493 e. The summed E-state index contributed by atoms with van der Waals surface area (Å²) < 4.78 is 12.0. The minimum atomic E-state index is -0.739. The third kappa shape index (κ3) is 3.52. The molecule has 0 radical (unpaired) electrons. The van der Waals surface area contributed by atoms with Gasteiger partial charge in [-0.2, -0.15) is 0 Å². The molecule has 4 aromatic rings. The molecule has 0 aliphatic carbocycles. The Morgan fingerprint density at radius 3 is 2.93 bits per heavy atom. The third-order valence-corrected chi connectivity index (χ3v) is 5.33. The number of thiazole rings is 1. The minimum Gasteiger partial charge on any atom is -0.493 e. The number of aryl methyl sites for hydroxylation is 1. The zero-order chi connectivity index (χ0) is 20.5. The maximum atomic E-state index is 12.5. The number of nitrogens with zero attached hydrogens (tertiary/aromatic N) is 2. The van der Waals surface area contributed by atoms with Crippen LogP contribution in [0.5, 0.6) is 5.75 Å². The number of benzene rings is 1. The van der Waals surface area contributed by atoms with Crippen molar-refractivity contribution in [3.05, 3.63) is 73.4 Å². The van der Waals surface area contributed by atoms with Crippen molar-refractivity contribution < 1.29 is 13.9 Å². The van der Waals surface area contributed by atoms with Gasteiger partial charge in [-0.1, -0.05) is 12.1 Å². The monoisotopic (exact) mass is 411 g/mol. The number of rotatable bonds is 5. The molecule has 0 unspecified atom stereocenters. The van der Waals surface area contributed by atoms with Gasteiger partial charge < -0.3 is 14.5 Å². The van der Waals surface area contributed by atoms with E-state index in [4.69, 9.17) is 9.15 Å². The first kappa shape index (κ1) is 18.9. The summed E-state index contributed by atoms with van der Waals surface area (Å²) in [6, 6.07) is 8.11. The van der Waals surface area contributed by atoms with Crippen molar-refractivity contribution in [1.82, 2.24) is 14.7 Å². The van der Waals surface area contributed by atoms with Crippen LogP contribution in [0, 0.1) is 6.92 Å². The van der Waals surface area contributed by atoms with Crippen molar-refractivity contribution in [2.75, 3.05) is 13.7 Å². The molecule has 29 heavy (non-hydrogen) atoms. The second-order valence-corrected chi connectivity index (χ2v) is 7.25. The molecule has 1 aromatic carbocycles. The van der Waals surface area contributed by atoms with Crippen LogP contribution < -0.4 is 21.2 Å². The highest BCUT2D eigenvalue weighted by molar-refractivity contribution is 7.15. The number of carbonyl (C=O) groups is 1. The van der Waals surface area contributed by atoms with E-state index in [9.17, 15) is 14.4 Å². The molecule has 8 nitrogen and oxygen atoms in total. The van der Waals surface area contributed by atoms with Gasteiger partial charge in [0.2, 0.25) is 0 Å². The number of fused-ring (bicyclic) bond motifs is 2. The Balaban J connectivity index is 1.53. The second-order valence-electron chi connectivity index (χ2n) is 6.41. The molecular weight excluding hydrogens is 394 g/mol. The molecule has 0 spiro atoms. The molecule has 3 heterocycles. The van der Waals surface area contributed by atoms with Crippen molar-refractivity contribution in [1.29, 1.82) is 0 Å². The smallest absolute Gasteiger partial charge is 0.349 e. The number of nitrogens with one attached hydrogen (secondary N) is 1. The first-order chi connectivity index (χ1) is 14.0. The van der Waals surface area contributed by atoms with E-state index in [1.54, 1.807) is 25.1 Å². The van der Waals surface area contributed by atoms with Crippen LogP contribution in [0.1, 0.15) is 21.7 Å². The van der Waals surface area contributed by atoms with Gasteiger partial charge in [0.1, 0.15) is 5.56 Å². The number of para-hydroxylation sites is 1. The summed E-state index contributed by atoms with van der Waals surface area (Å²) in [4.78, 5) is 41.9. The molecule has 4 rings (SSSR count). The molecule has 0 fully saturated rings. The standard InChI is InChI=1S/C20H17N3O5S/c1-11-8-16(24)23-13(10-29-20(23)22-11)6-7-21-18(25)14-9-12-4-3-5-15(27-2)17(12)28-19(14)26/h3-5,8-10H,6-7H2,1-2H3,(H,21,25). The van der Waals surface area contributed by atoms with E-state index in [1.165, 1.54) is 35.0 Å². The molecule has 0 saturated carbocycles. The van der Waals surface area contributed by atoms with Crippen LogP contribution in [0.4, 0.5) is 0 Å². The van der Waals surface area contributed by atoms with Crippen LogP contribution in [0.15, 0.2) is 49.7 Å². The van der Waals surface area contributed by atoms with Crippen LogP contribution in [-0.4, -0.2) is 28.9 Å². The van der Waals surface area contributed by atoms with Gasteiger partial charge >= 0.3 is 5.63 Å². The molecular formula is C20H17N3O5S. The third-order valence-electron chi connectivity index (χ3n) is 4.46. The molecule has 0 aliphatic rings. The fourth-order valence-electron chi connectivity index (χ4n) is 3.09. The predicted octanol–water partition coefficient (Wildman–Crippen LogP) is 2.15. The van der Waals surface area contributed by atoms with Gasteiger partial charge in [0, 0.05) is 41.2 Å². The van der Waals surface area contributed by atoms with Crippen LogP contribution in [0.3, 0.4) is 0 Å². The molecule has 9 heteroatoms. The average molecular weight is 411 g/mol. The van der Waals surface area contributed by atoms with Crippen LogP contribution in [-0.2, 0) is 6.42 Å². The van der Waals surface area contributed by atoms with Gasteiger partial charge in [-0.15, -0.1) is 11.3 Å². The summed E-state index contributed by atoms with van der Waals surface area (Å²) >= 11 is 1.37. The van der Waals surface area contributed by atoms with E-state index in [0.717, 1.165) is 5.69 Å². The topological polar surface area (TPSA) is 103 Å². The van der Waals surface area contributed by atoms with Crippen molar-refractivity contribution in [2.45, 2.75) is 13.3 Å². The molecule has 0 aliphatic heterocycles. The summed E-state index contributed by atoms with van der Waals surface area (Å²) in [5, 5.41) is 5.13. The van der Waals surface area contributed by atoms with Crippen molar-refractivity contribution in [2.24, 2.45) is 0 Å². The molecule has 148 valence electrons. The van der Waals surface area contributed by atoms with Crippen molar-refractivity contribution in [3.8, 4) is 5.75 Å². The highest BCUT2D eigenvalue weighted by Crippen LogP contribution is 2.24. The maximum absolute atomic E-state index is 12.5. The lowest BCUT2D eigenvalue weighted by atomic mass is 10.1. The number of hydrogen-bond donors (Lipinski definition) is 1. The average Bonchev–Trinajstić information content (AvgIpc) is 3.10.